The summed E-state index contributed by atoms with van der Waals surface area (Å²) in [4.78, 5) is 32.6. The maximum Gasteiger partial charge on any atom is 0.254 e. The monoisotopic (exact) mass is 417 g/mol. The highest BCUT2D eigenvalue weighted by molar-refractivity contribution is 7.09. The highest BCUT2D eigenvalue weighted by Gasteiger charge is 2.47. The number of hydrogen-bond acceptors (Lipinski definition) is 4. The molecule has 3 atom stereocenters. The number of likely N-dealkylation sites (tertiary alicyclic amines) is 1. The molecule has 0 radical (unpaired) electrons. The van der Waals surface area contributed by atoms with Crippen LogP contribution in [0.15, 0.2) is 29.6 Å². The molecule has 1 aromatic carbocycles. The van der Waals surface area contributed by atoms with Gasteiger partial charge in [0.1, 0.15) is 6.04 Å². The number of benzene rings is 1. The first-order valence-electron chi connectivity index (χ1n) is 9.80. The molecular formula is C21H24ClN3O2S. The van der Waals surface area contributed by atoms with Crippen molar-refractivity contribution in [3.05, 3.63) is 50.9 Å². The Labute approximate surface area is 174 Å². The van der Waals surface area contributed by atoms with Crippen molar-refractivity contribution in [1.82, 2.24) is 15.2 Å². The van der Waals surface area contributed by atoms with Gasteiger partial charge in [-0.3, -0.25) is 9.59 Å². The summed E-state index contributed by atoms with van der Waals surface area (Å²) in [5.41, 5.74) is 1.41. The lowest BCUT2D eigenvalue weighted by Crippen LogP contribution is -2.49. The molecule has 1 saturated carbocycles. The lowest BCUT2D eigenvalue weighted by Gasteiger charge is -2.33. The molecule has 2 aliphatic rings. The predicted octanol–water partition coefficient (Wildman–Crippen LogP) is 4.19. The van der Waals surface area contributed by atoms with Crippen LogP contribution in [-0.2, 0) is 11.3 Å². The fourth-order valence-electron chi connectivity index (χ4n) is 4.54. The second-order valence-electron chi connectivity index (χ2n) is 7.66. The van der Waals surface area contributed by atoms with Gasteiger partial charge >= 0.3 is 0 Å². The first-order chi connectivity index (χ1) is 13.5. The van der Waals surface area contributed by atoms with E-state index in [9.17, 15) is 9.59 Å². The second-order valence-corrected chi connectivity index (χ2v) is 9.16. The molecule has 4 rings (SSSR count). The van der Waals surface area contributed by atoms with Crippen molar-refractivity contribution in [3.8, 4) is 0 Å². The fourth-order valence-corrected chi connectivity index (χ4v) is 5.34. The van der Waals surface area contributed by atoms with Crippen LogP contribution in [-0.4, -0.2) is 33.8 Å². The number of carbonyl (C=O) groups excluding carboxylic acids is 2. The minimum Gasteiger partial charge on any atom is -0.349 e. The van der Waals surface area contributed by atoms with Crippen molar-refractivity contribution in [3.63, 3.8) is 0 Å². The van der Waals surface area contributed by atoms with Crippen LogP contribution in [0, 0.1) is 12.8 Å². The number of aromatic nitrogens is 1. The Morgan fingerprint density at radius 2 is 2.14 bits per heavy atom. The van der Waals surface area contributed by atoms with Gasteiger partial charge in [-0.15, -0.1) is 11.3 Å². The SMILES string of the molecule is Cc1nc(CNC(=O)[C@@H]2C[C@@H]3CCCC[C@H]3N2C(=O)c2cccc(Cl)c2)cs1. The molecule has 0 bridgehead atoms. The van der Waals surface area contributed by atoms with E-state index in [1.807, 2.05) is 17.2 Å². The zero-order chi connectivity index (χ0) is 19.7. The van der Waals surface area contributed by atoms with Crippen LogP contribution in [0.5, 0.6) is 0 Å². The average molecular weight is 418 g/mol. The molecule has 28 heavy (non-hydrogen) atoms. The zero-order valence-corrected chi connectivity index (χ0v) is 17.4. The minimum atomic E-state index is -0.431. The third-order valence-corrected chi connectivity index (χ3v) is 6.86. The summed E-state index contributed by atoms with van der Waals surface area (Å²) in [6, 6.07) is 6.71. The third-order valence-electron chi connectivity index (χ3n) is 5.81. The predicted molar refractivity (Wildman–Crippen MR) is 110 cm³/mol. The molecule has 2 amide bonds. The largest absolute Gasteiger partial charge is 0.349 e. The Bertz CT molecular complexity index is 884. The molecule has 2 aromatic rings. The molecule has 1 aliphatic heterocycles. The maximum absolute atomic E-state index is 13.3. The third kappa shape index (κ3) is 3.94. The molecule has 2 fully saturated rings. The van der Waals surface area contributed by atoms with Crippen molar-refractivity contribution in [1.29, 1.82) is 0 Å². The van der Waals surface area contributed by atoms with E-state index in [0.29, 0.717) is 23.0 Å². The van der Waals surface area contributed by atoms with Crippen LogP contribution in [0.3, 0.4) is 0 Å². The molecule has 0 spiro atoms. The van der Waals surface area contributed by atoms with Crippen molar-refractivity contribution in [2.45, 2.75) is 57.7 Å². The number of aryl methyl sites for hydroxylation is 1. The van der Waals surface area contributed by atoms with E-state index in [0.717, 1.165) is 36.4 Å². The van der Waals surface area contributed by atoms with Crippen molar-refractivity contribution >= 4 is 34.8 Å². The lowest BCUT2D eigenvalue weighted by molar-refractivity contribution is -0.125. The quantitative estimate of drug-likeness (QED) is 0.811. The summed E-state index contributed by atoms with van der Waals surface area (Å²) >= 11 is 7.66. The topological polar surface area (TPSA) is 62.3 Å². The Hall–Kier alpha value is -1.92. The number of thiazole rings is 1. The summed E-state index contributed by atoms with van der Waals surface area (Å²) in [5.74, 6) is 0.214. The summed E-state index contributed by atoms with van der Waals surface area (Å²) in [7, 11) is 0. The average Bonchev–Trinajstić information content (AvgIpc) is 3.29. The molecule has 1 aliphatic carbocycles. The van der Waals surface area contributed by atoms with Crippen LogP contribution >= 0.6 is 22.9 Å². The van der Waals surface area contributed by atoms with Gasteiger partial charge < -0.3 is 10.2 Å². The first kappa shape index (κ1) is 19.4. The maximum atomic E-state index is 13.3. The van der Waals surface area contributed by atoms with E-state index in [1.165, 1.54) is 6.42 Å². The van der Waals surface area contributed by atoms with Gasteiger partial charge in [-0.2, -0.15) is 0 Å². The number of fused-ring (bicyclic) bond motifs is 1. The Morgan fingerprint density at radius 1 is 1.32 bits per heavy atom. The number of halogens is 1. The van der Waals surface area contributed by atoms with Crippen LogP contribution in [0.2, 0.25) is 5.02 Å². The fraction of sp³-hybridized carbons (Fsp3) is 0.476. The summed E-state index contributed by atoms with van der Waals surface area (Å²) < 4.78 is 0. The summed E-state index contributed by atoms with van der Waals surface area (Å²) in [6.07, 6.45) is 5.06. The number of nitrogens with zero attached hydrogens (tertiary/aromatic N) is 2. The molecule has 2 heterocycles. The van der Waals surface area contributed by atoms with E-state index < -0.39 is 6.04 Å². The zero-order valence-electron chi connectivity index (χ0n) is 15.9. The molecule has 148 valence electrons. The van der Waals surface area contributed by atoms with Gasteiger partial charge in [-0.25, -0.2) is 4.98 Å². The smallest absolute Gasteiger partial charge is 0.254 e. The molecule has 0 unspecified atom stereocenters. The number of nitrogens with one attached hydrogen (secondary N) is 1. The van der Waals surface area contributed by atoms with Gasteiger partial charge in [0.25, 0.3) is 5.91 Å². The van der Waals surface area contributed by atoms with E-state index in [4.69, 9.17) is 11.6 Å². The van der Waals surface area contributed by atoms with E-state index >= 15 is 0 Å². The Kier molecular flexibility index (Phi) is 5.69. The molecule has 1 aromatic heterocycles. The van der Waals surface area contributed by atoms with Crippen LogP contribution in [0.25, 0.3) is 0 Å². The van der Waals surface area contributed by atoms with Gasteiger partial charge in [0.15, 0.2) is 0 Å². The van der Waals surface area contributed by atoms with E-state index in [1.54, 1.807) is 35.6 Å². The highest BCUT2D eigenvalue weighted by atomic mass is 35.5. The lowest BCUT2D eigenvalue weighted by atomic mass is 9.84. The van der Waals surface area contributed by atoms with Crippen LogP contribution < -0.4 is 5.32 Å². The molecule has 5 nitrogen and oxygen atoms in total. The standard InChI is InChI=1S/C21H24ClN3O2S/c1-13-24-17(12-28-13)11-23-20(26)19-10-14-5-2-3-8-18(14)25(19)21(27)15-6-4-7-16(22)9-15/h4,6-7,9,12,14,18-19H,2-3,5,8,10-11H2,1H3,(H,23,26)/t14-,18+,19-/m0/s1. The highest BCUT2D eigenvalue weighted by Crippen LogP contribution is 2.40. The molecule has 1 N–H and O–H groups in total. The molecule has 7 heteroatoms. The number of carbonyl (C=O) groups is 2. The van der Waals surface area contributed by atoms with E-state index in [2.05, 4.69) is 10.3 Å². The van der Waals surface area contributed by atoms with Gasteiger partial charge in [0.2, 0.25) is 5.91 Å². The summed E-state index contributed by atoms with van der Waals surface area (Å²) in [6.45, 7) is 2.34. The van der Waals surface area contributed by atoms with E-state index in [-0.39, 0.29) is 17.9 Å². The second kappa shape index (κ2) is 8.21. The first-order valence-corrected chi connectivity index (χ1v) is 11.1. The Morgan fingerprint density at radius 3 is 2.89 bits per heavy atom. The van der Waals surface area contributed by atoms with Gasteiger partial charge in [-0.1, -0.05) is 30.5 Å². The van der Waals surface area contributed by atoms with Gasteiger partial charge in [0.05, 0.1) is 17.2 Å². The number of amides is 2. The van der Waals surface area contributed by atoms with Crippen LogP contribution in [0.1, 0.15) is 53.2 Å². The van der Waals surface area contributed by atoms with Crippen molar-refractivity contribution in [2.24, 2.45) is 5.92 Å². The number of rotatable bonds is 4. The minimum absolute atomic E-state index is 0.0876. The van der Waals surface area contributed by atoms with Crippen LogP contribution in [0.4, 0.5) is 0 Å². The molecule has 1 saturated heterocycles. The molecular weight excluding hydrogens is 394 g/mol. The van der Waals surface area contributed by atoms with Crippen molar-refractivity contribution in [2.75, 3.05) is 0 Å². The Balaban J connectivity index is 1.54. The normalized spacial score (nSPS) is 24.1. The van der Waals surface area contributed by atoms with Gasteiger partial charge in [0, 0.05) is 22.0 Å². The summed E-state index contributed by atoms with van der Waals surface area (Å²) in [5, 5.41) is 6.47. The van der Waals surface area contributed by atoms with Crippen molar-refractivity contribution < 1.29 is 9.59 Å². The number of hydrogen-bond donors (Lipinski definition) is 1. The van der Waals surface area contributed by atoms with Gasteiger partial charge in [-0.05, 0) is 50.3 Å².